The molecule has 2 bridgehead atoms. The minimum atomic E-state index is -5.70. The number of allylic oxidation sites excluding steroid dienone is 2. The molecule has 1 saturated heterocycles. The lowest BCUT2D eigenvalue weighted by Crippen LogP contribution is -2.52. The molecule has 13 atom stereocenters. The van der Waals surface area contributed by atoms with E-state index in [1.165, 1.54) is 30.8 Å². The van der Waals surface area contributed by atoms with Gasteiger partial charge in [0, 0.05) is 37.3 Å². The van der Waals surface area contributed by atoms with Crippen molar-refractivity contribution in [3.63, 3.8) is 0 Å². The average molecular weight is 1010 g/mol. The fourth-order valence-electron chi connectivity index (χ4n) is 7.86. The number of esters is 2. The number of hydrogen-bond donors (Lipinski definition) is 8. The number of unbranched alkanes of at least 4 members (excludes halogenated alkanes) is 7. The molecule has 23 heteroatoms. The first-order valence-corrected chi connectivity index (χ1v) is 27.0. The zero-order valence-corrected chi connectivity index (χ0v) is 41.4. The molecule has 2 aliphatic heterocycles. The molecule has 68 heavy (non-hydrogen) atoms. The van der Waals surface area contributed by atoms with E-state index < -0.39 is 120 Å². The molecule has 2 aliphatic rings. The zero-order chi connectivity index (χ0) is 50.3. The van der Waals surface area contributed by atoms with Crippen LogP contribution in [0.1, 0.15) is 143 Å². The molecule has 0 saturated carbocycles. The van der Waals surface area contributed by atoms with E-state index in [0.29, 0.717) is 25.2 Å². The van der Waals surface area contributed by atoms with Crippen LogP contribution in [0, 0.1) is 17.8 Å². The van der Waals surface area contributed by atoms with Crippen molar-refractivity contribution >= 4 is 33.4 Å². The Hall–Kier alpha value is -2.88. The van der Waals surface area contributed by atoms with Gasteiger partial charge in [-0.2, -0.15) is 9.29 Å². The summed E-state index contributed by atoms with van der Waals surface area (Å²) >= 11 is 0. The number of aromatic nitrogens is 2. The van der Waals surface area contributed by atoms with Gasteiger partial charge in [-0.1, -0.05) is 109 Å². The summed E-state index contributed by atoms with van der Waals surface area (Å²) in [7, 11) is -11.3. The summed E-state index contributed by atoms with van der Waals surface area (Å²) in [6, 6.07) is 1.24. The number of carbonyl (C=O) groups excluding carboxylic acids is 2. The molecule has 0 radical (unpaired) electrons. The Morgan fingerprint density at radius 1 is 0.941 bits per heavy atom. The second kappa shape index (κ2) is 30.8. The highest BCUT2D eigenvalue weighted by atomic mass is 31.3. The van der Waals surface area contributed by atoms with E-state index in [1.807, 2.05) is 6.92 Å². The van der Waals surface area contributed by atoms with Gasteiger partial charge in [-0.3, -0.25) is 23.2 Å². The molecule has 3 heterocycles. The Morgan fingerprint density at radius 2 is 1.62 bits per heavy atom. The maximum Gasteiger partial charge on any atom is 0.481 e. The number of hydrogen-bond acceptors (Lipinski definition) is 18. The summed E-state index contributed by atoms with van der Waals surface area (Å²) in [4.78, 5) is 63.9. The molecule has 21 nitrogen and oxygen atoms in total. The first-order valence-electron chi connectivity index (χ1n) is 24.0. The van der Waals surface area contributed by atoms with Gasteiger partial charge in [0.2, 0.25) is 0 Å². The van der Waals surface area contributed by atoms with Gasteiger partial charge in [-0.05, 0) is 44.1 Å². The fourth-order valence-corrected chi connectivity index (χ4v) is 9.97. The topological polar surface area (TPSA) is 326 Å². The molecule has 0 aliphatic carbocycles. The van der Waals surface area contributed by atoms with Crippen molar-refractivity contribution < 1.29 is 81.6 Å². The first-order chi connectivity index (χ1) is 32.3. The van der Waals surface area contributed by atoms with Crippen molar-refractivity contribution in [1.29, 1.82) is 0 Å². The number of nitrogens with zero attached hydrogens (tertiary/aromatic N) is 2. The van der Waals surface area contributed by atoms with Crippen molar-refractivity contribution in [3.05, 3.63) is 47.1 Å². The van der Waals surface area contributed by atoms with E-state index in [-0.39, 0.29) is 37.9 Å². The van der Waals surface area contributed by atoms with Gasteiger partial charge in [0.05, 0.1) is 37.6 Å². The van der Waals surface area contributed by atoms with E-state index in [0.717, 1.165) is 55.9 Å². The van der Waals surface area contributed by atoms with Crippen LogP contribution < -0.4 is 11.4 Å². The minimum Gasteiger partial charge on any atom is -0.462 e. The summed E-state index contributed by atoms with van der Waals surface area (Å²) in [5.41, 5.74) is 4.77. The Bertz CT molecular complexity index is 1870. The number of carbonyl (C=O) groups is 2. The van der Waals surface area contributed by atoms with Crippen molar-refractivity contribution in [2.75, 3.05) is 25.6 Å². The number of fused-ring (bicyclic) bond motifs is 3. The number of anilines is 1. The maximum absolute atomic E-state index is 13.3. The molecule has 0 aromatic carbocycles. The summed E-state index contributed by atoms with van der Waals surface area (Å²) in [5.74, 6) is -3.43. The number of aliphatic hydroxyl groups is 5. The van der Waals surface area contributed by atoms with E-state index in [2.05, 4.69) is 23.1 Å². The van der Waals surface area contributed by atoms with Crippen molar-refractivity contribution in [2.45, 2.75) is 185 Å². The molecule has 3 rings (SSSR count). The molecule has 9 N–H and O–H groups in total. The molecule has 3 unspecified atom stereocenters. The molecule has 0 amide bonds. The second-order valence-corrected chi connectivity index (χ2v) is 20.9. The Kier molecular flexibility index (Phi) is 26.9. The maximum atomic E-state index is 13.3. The van der Waals surface area contributed by atoms with Crippen molar-refractivity contribution in [2.24, 2.45) is 17.8 Å². The third-order valence-electron chi connectivity index (χ3n) is 12.1. The normalized spacial score (nSPS) is 31.7. The highest BCUT2D eigenvalue weighted by molar-refractivity contribution is 7.61. The van der Waals surface area contributed by atoms with Gasteiger partial charge in [-0.15, -0.1) is 0 Å². The number of phosphoric acid groups is 2. The quantitative estimate of drug-likeness (QED) is 0.0378. The lowest BCUT2D eigenvalue weighted by molar-refractivity contribution is -0.194. The van der Waals surface area contributed by atoms with Crippen LogP contribution in [0.4, 0.5) is 5.82 Å². The summed E-state index contributed by atoms with van der Waals surface area (Å²) in [5, 5.41) is 57.3. The van der Waals surface area contributed by atoms with E-state index in [4.69, 9.17) is 29.0 Å². The Morgan fingerprint density at radius 3 is 2.31 bits per heavy atom. The number of aliphatic hydroxyl groups excluding tert-OH is 5. The predicted molar refractivity (Wildman–Crippen MR) is 249 cm³/mol. The van der Waals surface area contributed by atoms with Gasteiger partial charge in [0.15, 0.2) is 6.10 Å². The minimum absolute atomic E-state index is 0.0796. The highest BCUT2D eigenvalue weighted by Gasteiger charge is 2.45. The van der Waals surface area contributed by atoms with Crippen LogP contribution in [0.25, 0.3) is 0 Å². The molecule has 1 aromatic rings. The van der Waals surface area contributed by atoms with Gasteiger partial charge < -0.3 is 55.3 Å². The Labute approximate surface area is 399 Å². The Balaban J connectivity index is 1.90. The summed E-state index contributed by atoms with van der Waals surface area (Å²) in [6.07, 6.45) is 4.50. The number of phosphoric ester groups is 2. The molecule has 390 valence electrons. The standard InChI is InChI=1S/C45H77N3O18P2/c1-4-6-13-19-32(49)23-24-34-36(50)27-37(51)35-20-15-11-12-17-22-41(53)64-33(28-61-40(52)21-16-10-8-7-9-14-18-31(3)5-2)29-62-67(57,58)66-68(59,60)63-30-38(43(55)42(34)54)65-44(35)48-26-25-39(46)47-45(48)56/h11,15,23-26,31-38,42-44,49-51,54-55H,4-10,12-14,16-22,27-30H2,1-3H3,(H,57,58)(H,59,60)(H2,46,47,56)/b15-11?,24-23-/t31?,32-,33+,34-,35-,36+,37-,38+,42-,43+,44+/m0/s1. The highest BCUT2D eigenvalue weighted by Crippen LogP contribution is 2.60. The van der Waals surface area contributed by atoms with Gasteiger partial charge >= 0.3 is 33.3 Å². The number of nitrogen functional groups attached to an aromatic ring is 1. The van der Waals surface area contributed by atoms with E-state index >= 15 is 0 Å². The summed E-state index contributed by atoms with van der Waals surface area (Å²) < 4.78 is 58.8. The number of ether oxygens (including phenoxy) is 3. The van der Waals surface area contributed by atoms with Crippen LogP contribution in [0.2, 0.25) is 0 Å². The van der Waals surface area contributed by atoms with Gasteiger partial charge in [0.1, 0.15) is 30.9 Å². The lowest BCUT2D eigenvalue weighted by atomic mass is 9.82. The average Bonchev–Trinajstić information content (AvgIpc) is 3.27. The van der Waals surface area contributed by atoms with Crippen LogP contribution in [0.15, 0.2) is 41.4 Å². The van der Waals surface area contributed by atoms with Crippen molar-refractivity contribution in [3.8, 4) is 0 Å². The van der Waals surface area contributed by atoms with Gasteiger partial charge in [0.25, 0.3) is 0 Å². The molecular formula is C45H77N3O18P2. The third-order valence-corrected chi connectivity index (χ3v) is 14.7. The van der Waals surface area contributed by atoms with Crippen molar-refractivity contribution in [1.82, 2.24) is 9.55 Å². The smallest absolute Gasteiger partial charge is 0.462 e. The predicted octanol–water partition coefficient (Wildman–Crippen LogP) is 5.29. The SMILES string of the molecule is CCCCC[C@H](O)/C=C\[C@@H]1[C@H](O)[C@H](O)[C@H]2COP(=O)(O)OP(=O)(O)OC[C@@H](COC(=O)CCCCCCCCC(C)CC)OC(=O)CCCC=CC[C@H]([C@H](n3ccc(N)nc3=O)O2)[C@@H](O)C[C@H]1O. The number of rotatable bonds is 19. The molecule has 1 aromatic heterocycles. The molecule has 1 fully saturated rings. The summed E-state index contributed by atoms with van der Waals surface area (Å²) in [6.45, 7) is 3.70. The van der Waals surface area contributed by atoms with Crippen LogP contribution in [-0.2, 0) is 46.3 Å². The second-order valence-electron chi connectivity index (χ2n) is 17.8. The fraction of sp³-hybridized carbons (Fsp3) is 0.778. The number of nitrogens with two attached hydrogens (primary N) is 1. The van der Waals surface area contributed by atoms with E-state index in [9.17, 15) is 58.8 Å². The largest absolute Gasteiger partial charge is 0.481 e. The first kappa shape index (κ1) is 59.4. The van der Waals surface area contributed by atoms with E-state index in [1.54, 1.807) is 12.2 Å². The number of cyclic esters (lactones) is 1. The lowest BCUT2D eigenvalue weighted by Gasteiger charge is -2.40. The third kappa shape index (κ3) is 22.0. The van der Waals surface area contributed by atoms with Crippen LogP contribution in [0.5, 0.6) is 0 Å². The molecule has 0 spiro atoms. The zero-order valence-electron chi connectivity index (χ0n) is 39.7. The monoisotopic (exact) mass is 1010 g/mol. The van der Waals surface area contributed by atoms with Gasteiger partial charge in [-0.25, -0.2) is 13.9 Å². The van der Waals surface area contributed by atoms with Crippen LogP contribution in [0.3, 0.4) is 0 Å². The molecular weight excluding hydrogens is 932 g/mol. The van der Waals surface area contributed by atoms with Crippen LogP contribution in [-0.4, -0.2) is 119 Å². The van der Waals surface area contributed by atoms with Crippen LogP contribution >= 0.6 is 15.6 Å².